The van der Waals surface area contributed by atoms with E-state index in [1.165, 1.54) is 25.7 Å². The van der Waals surface area contributed by atoms with Crippen molar-refractivity contribution in [3.63, 3.8) is 0 Å². The van der Waals surface area contributed by atoms with E-state index < -0.39 is 0 Å². The maximum atomic E-state index is 5.88. The average Bonchev–Trinajstić information content (AvgIpc) is 2.40. The van der Waals surface area contributed by atoms with Crippen LogP contribution in [0, 0.1) is 5.92 Å². The summed E-state index contributed by atoms with van der Waals surface area (Å²) in [6, 6.07) is 5.81. The van der Waals surface area contributed by atoms with Crippen molar-refractivity contribution in [2.75, 3.05) is 13.7 Å². The molecule has 0 aliphatic rings. The van der Waals surface area contributed by atoms with Gasteiger partial charge in [-0.1, -0.05) is 33.1 Å². The summed E-state index contributed by atoms with van der Waals surface area (Å²) in [5, 5.41) is 0. The Morgan fingerprint density at radius 1 is 1.28 bits per heavy atom. The van der Waals surface area contributed by atoms with Crippen LogP contribution in [0.1, 0.15) is 39.5 Å². The summed E-state index contributed by atoms with van der Waals surface area (Å²) in [5.74, 6) is 2.39. The van der Waals surface area contributed by atoms with Gasteiger partial charge in [0.15, 0.2) is 0 Å². The molecule has 1 rings (SSSR count). The second-order valence-corrected chi connectivity index (χ2v) is 5.38. The molecule has 3 heteroatoms. The lowest BCUT2D eigenvalue weighted by Crippen LogP contribution is -2.11. The predicted octanol–water partition coefficient (Wildman–Crippen LogP) is 5.05. The van der Waals surface area contributed by atoms with Gasteiger partial charge in [0.25, 0.3) is 0 Å². The molecule has 2 nitrogen and oxygen atoms in total. The highest BCUT2D eigenvalue weighted by atomic mass is 79.9. The molecule has 0 radical (unpaired) electrons. The van der Waals surface area contributed by atoms with Crippen molar-refractivity contribution < 1.29 is 9.47 Å². The van der Waals surface area contributed by atoms with E-state index in [0.717, 1.165) is 22.6 Å². The summed E-state index contributed by atoms with van der Waals surface area (Å²) in [6.45, 7) is 5.25. The lowest BCUT2D eigenvalue weighted by Gasteiger charge is -2.16. The Hall–Kier alpha value is -0.700. The van der Waals surface area contributed by atoms with Gasteiger partial charge >= 0.3 is 0 Å². The van der Waals surface area contributed by atoms with Gasteiger partial charge in [-0.05, 0) is 46.5 Å². The largest absolute Gasteiger partial charge is 0.497 e. The molecule has 0 saturated carbocycles. The van der Waals surface area contributed by atoms with Crippen LogP contribution in [0.2, 0.25) is 0 Å². The van der Waals surface area contributed by atoms with Crippen LogP contribution in [-0.4, -0.2) is 13.7 Å². The molecule has 102 valence electrons. The molecule has 0 aromatic heterocycles. The number of benzene rings is 1. The topological polar surface area (TPSA) is 18.5 Å². The molecule has 1 aromatic rings. The molecular weight excluding hydrogens is 292 g/mol. The zero-order chi connectivity index (χ0) is 13.4. The highest BCUT2D eigenvalue weighted by Crippen LogP contribution is 2.29. The SMILES string of the molecule is CCCCC(CC)COc1ccc(OC)cc1Br. The fraction of sp³-hybridized carbons (Fsp3) is 0.600. The van der Waals surface area contributed by atoms with Gasteiger partial charge < -0.3 is 9.47 Å². The van der Waals surface area contributed by atoms with Gasteiger partial charge in [-0.25, -0.2) is 0 Å². The van der Waals surface area contributed by atoms with E-state index in [-0.39, 0.29) is 0 Å². The lowest BCUT2D eigenvalue weighted by molar-refractivity contribution is 0.232. The number of methoxy groups -OCH3 is 1. The Labute approximate surface area is 119 Å². The third-order valence-corrected chi connectivity index (χ3v) is 3.78. The monoisotopic (exact) mass is 314 g/mol. The lowest BCUT2D eigenvalue weighted by atomic mass is 10.0. The first kappa shape index (κ1) is 15.4. The van der Waals surface area contributed by atoms with Crippen molar-refractivity contribution in [1.82, 2.24) is 0 Å². The fourth-order valence-electron chi connectivity index (χ4n) is 1.83. The Morgan fingerprint density at radius 3 is 2.61 bits per heavy atom. The van der Waals surface area contributed by atoms with Crippen LogP contribution in [0.25, 0.3) is 0 Å². The minimum Gasteiger partial charge on any atom is -0.497 e. The van der Waals surface area contributed by atoms with Gasteiger partial charge in [-0.15, -0.1) is 0 Å². The Bertz CT molecular complexity index is 352. The van der Waals surface area contributed by atoms with E-state index in [1.54, 1.807) is 7.11 Å². The summed E-state index contributed by atoms with van der Waals surface area (Å²) in [5.41, 5.74) is 0. The first-order valence-corrected chi connectivity index (χ1v) is 7.46. The van der Waals surface area contributed by atoms with Crippen molar-refractivity contribution in [1.29, 1.82) is 0 Å². The number of ether oxygens (including phenoxy) is 2. The second-order valence-electron chi connectivity index (χ2n) is 4.52. The van der Waals surface area contributed by atoms with E-state index >= 15 is 0 Å². The molecule has 1 atom stereocenters. The highest BCUT2D eigenvalue weighted by Gasteiger charge is 2.09. The summed E-state index contributed by atoms with van der Waals surface area (Å²) >= 11 is 3.51. The van der Waals surface area contributed by atoms with Gasteiger partial charge in [0.1, 0.15) is 11.5 Å². The molecule has 0 amide bonds. The van der Waals surface area contributed by atoms with Gasteiger partial charge in [0.05, 0.1) is 18.2 Å². The smallest absolute Gasteiger partial charge is 0.133 e. The third-order valence-electron chi connectivity index (χ3n) is 3.16. The summed E-state index contributed by atoms with van der Waals surface area (Å²) in [4.78, 5) is 0. The molecule has 0 bridgehead atoms. The number of hydrogen-bond acceptors (Lipinski definition) is 2. The van der Waals surface area contributed by atoms with Crippen LogP contribution in [0.4, 0.5) is 0 Å². The molecule has 0 fully saturated rings. The molecular formula is C15H23BrO2. The van der Waals surface area contributed by atoms with Crippen molar-refractivity contribution in [3.8, 4) is 11.5 Å². The minimum atomic E-state index is 0.652. The maximum absolute atomic E-state index is 5.88. The molecule has 0 N–H and O–H groups in total. The molecule has 0 saturated heterocycles. The van der Waals surface area contributed by atoms with Gasteiger partial charge in [0, 0.05) is 0 Å². The average molecular weight is 315 g/mol. The Balaban J connectivity index is 2.51. The Kier molecular flexibility index (Phi) is 7.18. The summed E-state index contributed by atoms with van der Waals surface area (Å²) < 4.78 is 12.0. The zero-order valence-corrected chi connectivity index (χ0v) is 13.1. The van der Waals surface area contributed by atoms with E-state index in [0.29, 0.717) is 5.92 Å². The number of halogens is 1. The quantitative estimate of drug-likeness (QED) is 0.668. The predicted molar refractivity (Wildman–Crippen MR) is 79.5 cm³/mol. The molecule has 18 heavy (non-hydrogen) atoms. The molecule has 1 aromatic carbocycles. The van der Waals surface area contributed by atoms with E-state index in [1.807, 2.05) is 18.2 Å². The summed E-state index contributed by atoms with van der Waals surface area (Å²) in [6.07, 6.45) is 4.96. The van der Waals surface area contributed by atoms with E-state index in [4.69, 9.17) is 9.47 Å². The third kappa shape index (κ3) is 4.89. The van der Waals surface area contributed by atoms with Crippen LogP contribution in [0.5, 0.6) is 11.5 Å². The minimum absolute atomic E-state index is 0.652. The molecule has 1 unspecified atom stereocenters. The van der Waals surface area contributed by atoms with Crippen LogP contribution >= 0.6 is 15.9 Å². The van der Waals surface area contributed by atoms with Crippen molar-refractivity contribution in [2.24, 2.45) is 5.92 Å². The van der Waals surface area contributed by atoms with Gasteiger partial charge in [-0.3, -0.25) is 0 Å². The van der Waals surface area contributed by atoms with Crippen LogP contribution in [0.3, 0.4) is 0 Å². The normalized spacial score (nSPS) is 12.2. The van der Waals surface area contributed by atoms with Crippen molar-refractivity contribution in [3.05, 3.63) is 22.7 Å². The van der Waals surface area contributed by atoms with E-state index in [2.05, 4.69) is 29.8 Å². The van der Waals surface area contributed by atoms with Crippen LogP contribution < -0.4 is 9.47 Å². The first-order chi connectivity index (χ1) is 8.71. The van der Waals surface area contributed by atoms with Gasteiger partial charge in [0.2, 0.25) is 0 Å². The Morgan fingerprint density at radius 2 is 2.06 bits per heavy atom. The van der Waals surface area contributed by atoms with Gasteiger partial charge in [-0.2, -0.15) is 0 Å². The van der Waals surface area contributed by atoms with Crippen molar-refractivity contribution in [2.45, 2.75) is 39.5 Å². The number of hydrogen-bond donors (Lipinski definition) is 0. The molecule has 0 spiro atoms. The zero-order valence-electron chi connectivity index (χ0n) is 11.5. The van der Waals surface area contributed by atoms with E-state index in [9.17, 15) is 0 Å². The van der Waals surface area contributed by atoms with Crippen molar-refractivity contribution >= 4 is 15.9 Å². The van der Waals surface area contributed by atoms with Crippen LogP contribution in [-0.2, 0) is 0 Å². The standard InChI is InChI=1S/C15H23BrO2/c1-4-6-7-12(5-2)11-18-15-9-8-13(17-3)10-14(15)16/h8-10,12H,4-7,11H2,1-3H3. The molecule has 0 heterocycles. The highest BCUT2D eigenvalue weighted by molar-refractivity contribution is 9.10. The maximum Gasteiger partial charge on any atom is 0.133 e. The summed E-state index contributed by atoms with van der Waals surface area (Å²) in [7, 11) is 1.67. The number of unbranched alkanes of at least 4 members (excludes halogenated alkanes) is 1. The first-order valence-electron chi connectivity index (χ1n) is 6.67. The molecule has 0 aliphatic heterocycles. The molecule has 0 aliphatic carbocycles. The fourth-order valence-corrected chi connectivity index (χ4v) is 2.30. The number of rotatable bonds is 8. The second kappa shape index (κ2) is 8.41. The van der Waals surface area contributed by atoms with Crippen LogP contribution in [0.15, 0.2) is 22.7 Å².